The maximum absolute atomic E-state index is 10.8. The number of hydrogen-bond donors (Lipinski definition) is 3. The zero-order chi connectivity index (χ0) is 12.1. The fourth-order valence-electron chi connectivity index (χ4n) is 1.18. The fraction of sp³-hybridized carbons (Fsp3) is 0.250. The maximum Gasteiger partial charge on any atom is 0.237 e. The molecule has 0 radical (unpaired) electrons. The Kier molecular flexibility index (Phi) is 3.59. The van der Waals surface area contributed by atoms with E-state index < -0.39 is 11.8 Å². The minimum atomic E-state index is -0.612. The first kappa shape index (κ1) is 11.7. The van der Waals surface area contributed by atoms with E-state index in [9.17, 15) is 9.59 Å². The summed E-state index contributed by atoms with van der Waals surface area (Å²) in [5.74, 6) is -0.967. The van der Waals surface area contributed by atoms with Gasteiger partial charge in [0.05, 0.1) is 25.0 Å². The van der Waals surface area contributed by atoms with Crippen molar-refractivity contribution in [3.8, 4) is 0 Å². The van der Waals surface area contributed by atoms with Crippen molar-refractivity contribution in [1.82, 2.24) is 9.97 Å². The summed E-state index contributed by atoms with van der Waals surface area (Å²) in [5.41, 5.74) is 15.9. The number of hydrogen-bond acceptors (Lipinski definition) is 6. The van der Waals surface area contributed by atoms with Gasteiger partial charge in [0.15, 0.2) is 5.82 Å². The van der Waals surface area contributed by atoms with Gasteiger partial charge in [-0.25, -0.2) is 9.97 Å². The molecule has 1 aromatic heterocycles. The second-order valence-electron chi connectivity index (χ2n) is 3.09. The number of anilines is 2. The molecule has 1 rings (SSSR count). The Hall–Kier alpha value is -2.38. The summed E-state index contributed by atoms with van der Waals surface area (Å²) < 4.78 is 0. The van der Waals surface area contributed by atoms with Crippen molar-refractivity contribution < 1.29 is 9.59 Å². The van der Waals surface area contributed by atoms with Gasteiger partial charge in [0.1, 0.15) is 6.33 Å². The van der Waals surface area contributed by atoms with Gasteiger partial charge in [0.25, 0.3) is 0 Å². The van der Waals surface area contributed by atoms with Gasteiger partial charge in [-0.15, -0.1) is 0 Å². The number of nitrogens with zero attached hydrogens (tertiary/aromatic N) is 3. The standard InChI is InChI=1S/C8H12N6O2/c9-5-1-12-4-13-8(5)14(2-6(10)15)3-7(11)16/h1,4H,2-3,9H2,(H2,10,15)(H2,11,16). The third kappa shape index (κ3) is 3.08. The average Bonchev–Trinajstić information content (AvgIpc) is 2.15. The first-order chi connectivity index (χ1) is 7.50. The highest BCUT2D eigenvalue weighted by atomic mass is 16.2. The van der Waals surface area contributed by atoms with E-state index in [1.54, 1.807) is 0 Å². The first-order valence-electron chi connectivity index (χ1n) is 4.37. The molecule has 1 heterocycles. The van der Waals surface area contributed by atoms with Gasteiger partial charge in [0, 0.05) is 0 Å². The molecule has 0 atom stereocenters. The average molecular weight is 224 g/mol. The first-order valence-corrected chi connectivity index (χ1v) is 4.37. The lowest BCUT2D eigenvalue weighted by Gasteiger charge is -2.21. The number of primary amides is 2. The highest BCUT2D eigenvalue weighted by molar-refractivity contribution is 5.85. The van der Waals surface area contributed by atoms with Crippen LogP contribution in [0.1, 0.15) is 0 Å². The van der Waals surface area contributed by atoms with E-state index >= 15 is 0 Å². The SMILES string of the molecule is NC(=O)CN(CC(N)=O)c1ncncc1N. The monoisotopic (exact) mass is 224 g/mol. The molecule has 0 fully saturated rings. The highest BCUT2D eigenvalue weighted by Crippen LogP contribution is 2.16. The van der Waals surface area contributed by atoms with Crippen molar-refractivity contribution in [2.75, 3.05) is 23.7 Å². The minimum absolute atomic E-state index is 0.190. The molecule has 0 aromatic carbocycles. The summed E-state index contributed by atoms with van der Waals surface area (Å²) in [6, 6.07) is 0. The van der Waals surface area contributed by atoms with Gasteiger partial charge >= 0.3 is 0 Å². The van der Waals surface area contributed by atoms with E-state index in [1.165, 1.54) is 17.4 Å². The molecule has 8 heteroatoms. The molecule has 0 aliphatic heterocycles. The summed E-state index contributed by atoms with van der Waals surface area (Å²) in [6.07, 6.45) is 2.61. The van der Waals surface area contributed by atoms with Crippen LogP contribution in [0.15, 0.2) is 12.5 Å². The van der Waals surface area contributed by atoms with E-state index in [-0.39, 0.29) is 24.6 Å². The number of carbonyl (C=O) groups is 2. The molecule has 0 unspecified atom stereocenters. The Labute approximate surface area is 91.4 Å². The number of nitrogens with two attached hydrogens (primary N) is 3. The van der Waals surface area contributed by atoms with Crippen LogP contribution in [-0.4, -0.2) is 34.9 Å². The van der Waals surface area contributed by atoms with E-state index in [0.29, 0.717) is 0 Å². The lowest BCUT2D eigenvalue weighted by atomic mass is 10.4. The molecular formula is C8H12N6O2. The Morgan fingerprint density at radius 3 is 2.25 bits per heavy atom. The summed E-state index contributed by atoms with van der Waals surface area (Å²) in [7, 11) is 0. The zero-order valence-corrected chi connectivity index (χ0v) is 8.46. The van der Waals surface area contributed by atoms with Gasteiger partial charge < -0.3 is 22.1 Å². The second-order valence-corrected chi connectivity index (χ2v) is 3.09. The van der Waals surface area contributed by atoms with E-state index in [2.05, 4.69) is 9.97 Å². The van der Waals surface area contributed by atoms with Crippen molar-refractivity contribution in [3.63, 3.8) is 0 Å². The Morgan fingerprint density at radius 1 is 1.25 bits per heavy atom. The molecule has 2 amide bonds. The van der Waals surface area contributed by atoms with Crippen LogP contribution in [0.2, 0.25) is 0 Å². The molecule has 86 valence electrons. The van der Waals surface area contributed by atoms with Crippen molar-refractivity contribution >= 4 is 23.3 Å². The maximum atomic E-state index is 10.8. The van der Waals surface area contributed by atoms with E-state index in [4.69, 9.17) is 17.2 Å². The largest absolute Gasteiger partial charge is 0.394 e. The third-order valence-corrected chi connectivity index (χ3v) is 1.71. The van der Waals surface area contributed by atoms with Crippen LogP contribution in [0.3, 0.4) is 0 Å². The van der Waals surface area contributed by atoms with E-state index in [0.717, 1.165) is 0 Å². The Balaban J connectivity index is 2.96. The van der Waals surface area contributed by atoms with Gasteiger partial charge in [-0.2, -0.15) is 0 Å². The molecule has 16 heavy (non-hydrogen) atoms. The molecule has 0 saturated carbocycles. The predicted octanol–water partition coefficient (Wildman–Crippen LogP) is -2.16. The predicted molar refractivity (Wildman–Crippen MR) is 57.0 cm³/mol. The van der Waals surface area contributed by atoms with Crippen molar-refractivity contribution in [2.45, 2.75) is 0 Å². The molecule has 0 spiro atoms. The van der Waals surface area contributed by atoms with Crippen LogP contribution < -0.4 is 22.1 Å². The van der Waals surface area contributed by atoms with Crippen molar-refractivity contribution in [3.05, 3.63) is 12.5 Å². The number of carbonyl (C=O) groups excluding carboxylic acids is 2. The van der Waals surface area contributed by atoms with Gasteiger partial charge in [0.2, 0.25) is 11.8 Å². The van der Waals surface area contributed by atoms with Crippen LogP contribution in [0.25, 0.3) is 0 Å². The molecule has 8 nitrogen and oxygen atoms in total. The quantitative estimate of drug-likeness (QED) is 0.520. The normalized spacial score (nSPS) is 9.75. The molecule has 0 bridgehead atoms. The number of amides is 2. The minimum Gasteiger partial charge on any atom is -0.394 e. The van der Waals surface area contributed by atoms with Crippen LogP contribution >= 0.6 is 0 Å². The molecule has 6 N–H and O–H groups in total. The summed E-state index contributed by atoms with van der Waals surface area (Å²) in [4.78, 5) is 30.5. The zero-order valence-electron chi connectivity index (χ0n) is 8.46. The molecule has 1 aromatic rings. The highest BCUT2D eigenvalue weighted by Gasteiger charge is 2.15. The molecule has 0 aliphatic rings. The second kappa shape index (κ2) is 4.91. The lowest BCUT2D eigenvalue weighted by molar-refractivity contribution is -0.117. The smallest absolute Gasteiger partial charge is 0.237 e. The van der Waals surface area contributed by atoms with Crippen molar-refractivity contribution in [2.24, 2.45) is 11.5 Å². The van der Waals surface area contributed by atoms with Crippen LogP contribution in [0.5, 0.6) is 0 Å². The van der Waals surface area contributed by atoms with E-state index in [1.807, 2.05) is 0 Å². The van der Waals surface area contributed by atoms with Gasteiger partial charge in [-0.05, 0) is 0 Å². The third-order valence-electron chi connectivity index (χ3n) is 1.71. The lowest BCUT2D eigenvalue weighted by Crippen LogP contribution is -2.40. The van der Waals surface area contributed by atoms with Crippen LogP contribution in [-0.2, 0) is 9.59 Å². The number of rotatable bonds is 5. The van der Waals surface area contributed by atoms with Crippen LogP contribution in [0, 0.1) is 0 Å². The summed E-state index contributed by atoms with van der Waals surface area (Å²) >= 11 is 0. The number of aromatic nitrogens is 2. The van der Waals surface area contributed by atoms with Gasteiger partial charge in [-0.1, -0.05) is 0 Å². The van der Waals surface area contributed by atoms with Crippen molar-refractivity contribution in [1.29, 1.82) is 0 Å². The Bertz CT molecular complexity index is 391. The Morgan fingerprint density at radius 2 is 1.81 bits per heavy atom. The van der Waals surface area contributed by atoms with Crippen LogP contribution in [0.4, 0.5) is 11.5 Å². The number of nitrogen functional groups attached to an aromatic ring is 1. The summed E-state index contributed by atoms with van der Waals surface area (Å²) in [6.45, 7) is -0.381. The topological polar surface area (TPSA) is 141 Å². The molecular weight excluding hydrogens is 212 g/mol. The summed E-state index contributed by atoms with van der Waals surface area (Å²) in [5, 5.41) is 0. The molecule has 0 saturated heterocycles. The fourth-order valence-corrected chi connectivity index (χ4v) is 1.18. The van der Waals surface area contributed by atoms with Gasteiger partial charge in [-0.3, -0.25) is 9.59 Å². The molecule has 0 aliphatic carbocycles.